The second-order valence-corrected chi connectivity index (χ2v) is 5.32. The van der Waals surface area contributed by atoms with Crippen LogP contribution < -0.4 is 5.73 Å². The fourth-order valence-electron chi connectivity index (χ4n) is 1.89. The van der Waals surface area contributed by atoms with Gasteiger partial charge in [-0.25, -0.2) is 4.98 Å². The van der Waals surface area contributed by atoms with E-state index >= 15 is 0 Å². The molecule has 96 valence electrons. The largest absolute Gasteiger partial charge is 0.398 e. The van der Waals surface area contributed by atoms with Crippen LogP contribution >= 0.6 is 34.8 Å². The van der Waals surface area contributed by atoms with E-state index in [4.69, 9.17) is 40.5 Å². The van der Waals surface area contributed by atoms with Crippen LogP contribution in [-0.2, 0) is 0 Å². The lowest BCUT2D eigenvalue weighted by molar-refractivity contribution is 1.34. The molecule has 6 heteroatoms. The highest BCUT2D eigenvalue weighted by molar-refractivity contribution is 6.39. The number of rotatable bonds is 1. The molecule has 0 bridgehead atoms. The summed E-state index contributed by atoms with van der Waals surface area (Å²) in [6, 6.07) is 8.63. The van der Waals surface area contributed by atoms with Gasteiger partial charge in [0.15, 0.2) is 0 Å². The predicted octanol–water partition coefficient (Wildman–Crippen LogP) is 4.77. The van der Waals surface area contributed by atoms with Crippen LogP contribution in [0, 0.1) is 0 Å². The summed E-state index contributed by atoms with van der Waals surface area (Å²) in [5.74, 6) is 0.588. The molecule has 3 rings (SSSR count). The molecule has 0 unspecified atom stereocenters. The second-order valence-electron chi connectivity index (χ2n) is 4.07. The summed E-state index contributed by atoms with van der Waals surface area (Å²) >= 11 is 18.2. The Morgan fingerprint density at radius 3 is 2.47 bits per heavy atom. The lowest BCUT2D eigenvalue weighted by Crippen LogP contribution is -1.90. The quantitative estimate of drug-likeness (QED) is 0.636. The molecular formula is C13H8Cl3N3. The fourth-order valence-corrected chi connectivity index (χ4v) is 2.46. The molecule has 0 spiro atoms. The summed E-state index contributed by atoms with van der Waals surface area (Å²) in [4.78, 5) is 7.56. The van der Waals surface area contributed by atoms with E-state index in [1.807, 2.05) is 0 Å². The molecule has 0 saturated carbocycles. The maximum absolute atomic E-state index is 6.11. The van der Waals surface area contributed by atoms with E-state index in [1.165, 1.54) is 0 Å². The molecule has 0 aliphatic heterocycles. The van der Waals surface area contributed by atoms with Gasteiger partial charge in [-0.05, 0) is 30.3 Å². The SMILES string of the molecule is Nc1ccc(Cl)cc1-c1nc2c(Cl)ccc(Cl)c2[nH]1. The van der Waals surface area contributed by atoms with Crippen molar-refractivity contribution in [2.24, 2.45) is 0 Å². The van der Waals surface area contributed by atoms with Gasteiger partial charge in [0.2, 0.25) is 0 Å². The zero-order valence-corrected chi connectivity index (χ0v) is 11.8. The van der Waals surface area contributed by atoms with Crippen molar-refractivity contribution in [3.05, 3.63) is 45.4 Å². The van der Waals surface area contributed by atoms with Crippen LogP contribution in [-0.4, -0.2) is 9.97 Å². The number of nitrogens with one attached hydrogen (secondary N) is 1. The van der Waals surface area contributed by atoms with Gasteiger partial charge in [-0.3, -0.25) is 0 Å². The van der Waals surface area contributed by atoms with E-state index in [-0.39, 0.29) is 0 Å². The highest BCUT2D eigenvalue weighted by Gasteiger charge is 2.13. The smallest absolute Gasteiger partial charge is 0.140 e. The number of halogens is 3. The molecule has 0 fully saturated rings. The molecule has 1 heterocycles. The number of nitrogens with two attached hydrogens (primary N) is 1. The molecule has 3 aromatic rings. The zero-order chi connectivity index (χ0) is 13.6. The van der Waals surface area contributed by atoms with E-state index in [1.54, 1.807) is 30.3 Å². The molecule has 1 aromatic heterocycles. The Morgan fingerprint density at radius 1 is 1.00 bits per heavy atom. The third-order valence-electron chi connectivity index (χ3n) is 2.82. The van der Waals surface area contributed by atoms with Gasteiger partial charge >= 0.3 is 0 Å². The Hall–Kier alpha value is -1.42. The summed E-state index contributed by atoms with van der Waals surface area (Å²) in [6.45, 7) is 0. The minimum atomic E-state index is 0.530. The Bertz CT molecular complexity index is 741. The number of nitrogens with zero attached hydrogens (tertiary/aromatic N) is 1. The molecule has 0 aliphatic carbocycles. The van der Waals surface area contributed by atoms with E-state index in [0.717, 1.165) is 5.56 Å². The fraction of sp³-hybridized carbons (Fsp3) is 0. The minimum absolute atomic E-state index is 0.530. The Labute approximate surface area is 124 Å². The van der Waals surface area contributed by atoms with E-state index in [0.29, 0.717) is 37.6 Å². The van der Waals surface area contributed by atoms with Gasteiger partial charge in [0.1, 0.15) is 11.3 Å². The van der Waals surface area contributed by atoms with Gasteiger partial charge in [-0.2, -0.15) is 0 Å². The summed E-state index contributed by atoms with van der Waals surface area (Å²) in [6.07, 6.45) is 0. The number of nitrogen functional groups attached to an aromatic ring is 1. The first-order chi connectivity index (χ1) is 9.06. The van der Waals surface area contributed by atoms with Crippen LogP contribution in [0.1, 0.15) is 0 Å². The average Bonchev–Trinajstić information content (AvgIpc) is 2.83. The molecule has 0 atom stereocenters. The van der Waals surface area contributed by atoms with Crippen molar-refractivity contribution in [2.75, 3.05) is 5.73 Å². The molecule has 3 N–H and O–H groups in total. The van der Waals surface area contributed by atoms with E-state index in [2.05, 4.69) is 9.97 Å². The monoisotopic (exact) mass is 311 g/mol. The second kappa shape index (κ2) is 4.60. The third kappa shape index (κ3) is 2.14. The van der Waals surface area contributed by atoms with Crippen LogP contribution in [0.4, 0.5) is 5.69 Å². The number of benzene rings is 2. The Balaban J connectivity index is 2.29. The van der Waals surface area contributed by atoms with Gasteiger partial charge in [0.25, 0.3) is 0 Å². The maximum atomic E-state index is 6.11. The number of aromatic nitrogens is 2. The van der Waals surface area contributed by atoms with Crippen molar-refractivity contribution in [3.63, 3.8) is 0 Å². The molecule has 0 aliphatic rings. The topological polar surface area (TPSA) is 54.7 Å². The standard InChI is InChI=1S/C13H8Cl3N3/c14-6-1-4-10(17)7(5-6)13-18-11-8(15)2-3-9(16)12(11)19-13/h1-5H,17H2,(H,18,19). The minimum Gasteiger partial charge on any atom is -0.398 e. The number of aromatic amines is 1. The van der Waals surface area contributed by atoms with Gasteiger partial charge in [0, 0.05) is 16.3 Å². The van der Waals surface area contributed by atoms with Crippen molar-refractivity contribution in [1.82, 2.24) is 9.97 Å². The van der Waals surface area contributed by atoms with E-state index in [9.17, 15) is 0 Å². The summed E-state index contributed by atoms with van der Waals surface area (Å²) in [7, 11) is 0. The zero-order valence-electron chi connectivity index (χ0n) is 9.55. The molecule has 0 amide bonds. The first-order valence-corrected chi connectivity index (χ1v) is 6.59. The number of anilines is 1. The van der Waals surface area contributed by atoms with Gasteiger partial charge in [0.05, 0.1) is 15.6 Å². The van der Waals surface area contributed by atoms with Crippen LogP contribution in [0.2, 0.25) is 15.1 Å². The van der Waals surface area contributed by atoms with Crippen molar-refractivity contribution in [1.29, 1.82) is 0 Å². The molecule has 0 radical (unpaired) electrons. The molecular weight excluding hydrogens is 305 g/mol. The Morgan fingerprint density at radius 2 is 1.74 bits per heavy atom. The number of fused-ring (bicyclic) bond motifs is 1. The first-order valence-electron chi connectivity index (χ1n) is 5.45. The summed E-state index contributed by atoms with van der Waals surface area (Å²) in [5.41, 5.74) is 8.53. The van der Waals surface area contributed by atoms with Crippen molar-refractivity contribution in [3.8, 4) is 11.4 Å². The van der Waals surface area contributed by atoms with Crippen LogP contribution in [0.25, 0.3) is 22.4 Å². The number of imidazole rings is 1. The number of H-pyrrole nitrogens is 1. The summed E-state index contributed by atoms with van der Waals surface area (Å²) in [5, 5.41) is 1.67. The van der Waals surface area contributed by atoms with Crippen LogP contribution in [0.5, 0.6) is 0 Å². The number of hydrogen-bond donors (Lipinski definition) is 2. The van der Waals surface area contributed by atoms with Crippen LogP contribution in [0.3, 0.4) is 0 Å². The maximum Gasteiger partial charge on any atom is 0.140 e. The van der Waals surface area contributed by atoms with Gasteiger partial charge in [-0.15, -0.1) is 0 Å². The number of hydrogen-bond acceptors (Lipinski definition) is 2. The van der Waals surface area contributed by atoms with Crippen molar-refractivity contribution in [2.45, 2.75) is 0 Å². The molecule has 3 nitrogen and oxygen atoms in total. The summed E-state index contributed by atoms with van der Waals surface area (Å²) < 4.78 is 0. The normalized spacial score (nSPS) is 11.1. The lowest BCUT2D eigenvalue weighted by Gasteiger charge is -2.02. The third-order valence-corrected chi connectivity index (χ3v) is 3.67. The highest BCUT2D eigenvalue weighted by Crippen LogP contribution is 2.33. The molecule has 0 saturated heterocycles. The lowest BCUT2D eigenvalue weighted by atomic mass is 10.2. The predicted molar refractivity (Wildman–Crippen MR) is 81.0 cm³/mol. The van der Waals surface area contributed by atoms with E-state index < -0.39 is 0 Å². The highest BCUT2D eigenvalue weighted by atomic mass is 35.5. The van der Waals surface area contributed by atoms with Gasteiger partial charge in [-0.1, -0.05) is 34.8 Å². The first kappa shape index (κ1) is 12.6. The van der Waals surface area contributed by atoms with Gasteiger partial charge < -0.3 is 10.7 Å². The van der Waals surface area contributed by atoms with Crippen molar-refractivity contribution >= 4 is 51.5 Å². The van der Waals surface area contributed by atoms with Crippen LogP contribution in [0.15, 0.2) is 30.3 Å². The molecule has 19 heavy (non-hydrogen) atoms. The molecule has 2 aromatic carbocycles. The Kier molecular flexibility index (Phi) is 3.05. The van der Waals surface area contributed by atoms with Crippen molar-refractivity contribution < 1.29 is 0 Å². The average molecular weight is 313 g/mol.